The monoisotopic (exact) mass is 933 g/mol. The number of sulfone groups is 2. The van der Waals surface area contributed by atoms with E-state index in [0.29, 0.717) is 0 Å². The van der Waals surface area contributed by atoms with Crippen LogP contribution < -0.4 is 9.50 Å². The Hall–Kier alpha value is -3.84. The molecule has 0 radical (unpaired) electrons. The number of fused-ring (bicyclic) bond motifs is 1. The van der Waals surface area contributed by atoms with Crippen LogP contribution in [-0.2, 0) is 66.3 Å². The van der Waals surface area contributed by atoms with Crippen molar-refractivity contribution >= 4 is 106 Å². The van der Waals surface area contributed by atoms with Gasteiger partial charge in [-0.25, -0.2) is 32.6 Å². The Labute approximate surface area is 340 Å². The van der Waals surface area contributed by atoms with Crippen molar-refractivity contribution in [1.29, 1.82) is 0 Å². The fourth-order valence-electron chi connectivity index (χ4n) is 4.36. The number of hydrogen-bond acceptors (Lipinski definition) is 27. The number of benzene rings is 4. The van der Waals surface area contributed by atoms with Crippen molar-refractivity contribution in [2.24, 2.45) is 20.5 Å². The van der Waals surface area contributed by atoms with Gasteiger partial charge in [0.25, 0.3) is 22.4 Å². The minimum absolute atomic E-state index is 0.0209. The van der Waals surface area contributed by atoms with Crippen LogP contribution in [0.15, 0.2) is 97.0 Å². The van der Waals surface area contributed by atoms with E-state index in [1.165, 1.54) is 66.7 Å². The molecule has 0 saturated heterocycles. The molecule has 0 saturated carbocycles. The third-order valence-electron chi connectivity index (χ3n) is 6.84. The molecule has 0 fully saturated rings. The molecule has 0 bridgehead atoms. The standard InChI is InChI=1S/C27H27N5O20S6/c33-27-21-9-10-23(28-16-58(41,42)43)25(31-29-17-1-5-19(6-2-17)56(37,38)13-11-44-53-50-47-34)22(21)15-24(46-55-52-49-36)26(27)32-30-18-3-7-20(8-4-18)57(39,40)14-12-45-54-51-48-35/h1-10,15,28,33-36H,11-14,16H2,(H,41,42,43)/b31-29+,32-30+. The lowest BCUT2D eigenvalue weighted by Crippen LogP contribution is -2.13. The molecule has 0 aromatic heterocycles. The minimum atomic E-state index is -4.57. The summed E-state index contributed by atoms with van der Waals surface area (Å²) in [5.74, 6) is -2.79. The Morgan fingerprint density at radius 1 is 0.603 bits per heavy atom. The molecule has 0 atom stereocenters. The summed E-state index contributed by atoms with van der Waals surface area (Å²) in [5.41, 5.74) is -0.277. The fourth-order valence-corrected chi connectivity index (χ4v) is 7.77. The number of phenols is 1. The lowest BCUT2D eigenvalue weighted by atomic mass is 10.0. The van der Waals surface area contributed by atoms with Crippen LogP contribution in [0.4, 0.5) is 28.4 Å². The Morgan fingerprint density at radius 3 is 1.57 bits per heavy atom. The first-order valence-electron chi connectivity index (χ1n) is 15.0. The average Bonchev–Trinajstić information content (AvgIpc) is 3.19. The van der Waals surface area contributed by atoms with Gasteiger partial charge < -0.3 is 14.6 Å². The van der Waals surface area contributed by atoms with Gasteiger partial charge in [0, 0.05) is 10.8 Å². The molecular formula is C27H27N5O20S6. The molecule has 6 N–H and O–H groups in total. The molecule has 0 spiro atoms. The maximum absolute atomic E-state index is 12.7. The van der Waals surface area contributed by atoms with E-state index in [-0.39, 0.29) is 105 Å². The molecule has 4 rings (SSSR count). The fraction of sp³-hybridized carbons (Fsp3) is 0.185. The zero-order valence-electron chi connectivity index (χ0n) is 28.5. The van der Waals surface area contributed by atoms with E-state index in [1.807, 2.05) is 0 Å². The second-order valence-corrected chi connectivity index (χ2v) is 17.5. The Bertz CT molecular complexity index is 2370. The number of aromatic hydroxyl groups is 1. The Balaban J connectivity index is 1.69. The Kier molecular flexibility index (Phi) is 18.2. The molecule has 316 valence electrons. The first-order valence-corrected chi connectivity index (χ1v) is 22.0. The van der Waals surface area contributed by atoms with Crippen molar-refractivity contribution in [3.05, 3.63) is 66.7 Å². The number of hydrogen-bond donors (Lipinski definition) is 6. The third-order valence-corrected chi connectivity index (χ3v) is 11.9. The molecular weight excluding hydrogens is 907 g/mol. The molecule has 0 aliphatic heterocycles. The van der Waals surface area contributed by atoms with Crippen molar-refractivity contribution in [3.8, 4) is 11.5 Å². The number of nitrogens with zero attached hydrogens (tertiary/aromatic N) is 4. The van der Waals surface area contributed by atoms with Gasteiger partial charge in [0.05, 0.1) is 51.6 Å². The van der Waals surface area contributed by atoms with E-state index in [0.717, 1.165) is 0 Å². The topological polar surface area (TPSA) is 348 Å². The summed E-state index contributed by atoms with van der Waals surface area (Å²) in [7, 11) is -12.2. The van der Waals surface area contributed by atoms with Crippen molar-refractivity contribution < 1.29 is 91.3 Å². The van der Waals surface area contributed by atoms with Gasteiger partial charge >= 0.3 is 0 Å². The maximum atomic E-state index is 12.7. The summed E-state index contributed by atoms with van der Waals surface area (Å²) in [5, 5.41) is 65.4. The van der Waals surface area contributed by atoms with Gasteiger partial charge in [0.1, 0.15) is 11.6 Å². The van der Waals surface area contributed by atoms with Gasteiger partial charge in [-0.3, -0.25) is 12.9 Å². The summed E-state index contributed by atoms with van der Waals surface area (Å²) in [6, 6.07) is 14.0. The molecule has 4 aromatic rings. The molecule has 58 heavy (non-hydrogen) atoms. The van der Waals surface area contributed by atoms with Crippen LogP contribution in [0.3, 0.4) is 0 Å². The normalized spacial score (nSPS) is 12.6. The van der Waals surface area contributed by atoms with Gasteiger partial charge in [-0.2, -0.15) is 18.6 Å². The van der Waals surface area contributed by atoms with Gasteiger partial charge in [-0.15, -0.1) is 18.9 Å². The maximum Gasteiger partial charge on any atom is 0.283 e. The largest absolute Gasteiger partial charge is 0.505 e. The predicted molar refractivity (Wildman–Crippen MR) is 201 cm³/mol. The number of phenolic OH excluding ortho intramolecular Hbond substituents is 1. The van der Waals surface area contributed by atoms with Crippen LogP contribution in [0, 0.1) is 0 Å². The molecule has 31 heteroatoms. The second kappa shape index (κ2) is 22.5. The summed E-state index contributed by atoms with van der Waals surface area (Å²) in [4.78, 5) is -0.206. The van der Waals surface area contributed by atoms with Gasteiger partial charge in [0.15, 0.2) is 61.5 Å². The second-order valence-electron chi connectivity index (χ2n) is 10.4. The summed E-state index contributed by atoms with van der Waals surface area (Å²) in [6.45, 7) is -0.639. The van der Waals surface area contributed by atoms with Crippen LogP contribution in [0.5, 0.6) is 11.5 Å². The first kappa shape index (κ1) is 46.8. The smallest absolute Gasteiger partial charge is 0.283 e. The van der Waals surface area contributed by atoms with E-state index in [9.17, 15) is 34.9 Å². The highest BCUT2D eigenvalue weighted by Gasteiger charge is 2.21. The molecule has 0 amide bonds. The van der Waals surface area contributed by atoms with Crippen molar-refractivity contribution in [3.63, 3.8) is 0 Å². The van der Waals surface area contributed by atoms with Crippen LogP contribution in [0.1, 0.15) is 0 Å². The highest BCUT2D eigenvalue weighted by atomic mass is 32.2. The van der Waals surface area contributed by atoms with Crippen LogP contribution in [0.25, 0.3) is 10.8 Å². The molecule has 0 unspecified atom stereocenters. The quantitative estimate of drug-likeness (QED) is 0.0102. The zero-order valence-corrected chi connectivity index (χ0v) is 33.4. The summed E-state index contributed by atoms with van der Waals surface area (Å²) in [6.07, 6.45) is 0. The SMILES string of the molecule is O=S(=O)(O)CNc1ccc2c(O)c(/N=N/c3ccc(S(=O)(=O)CCOSOOO)cc3)c(OSOOO)cc2c1/N=N/c1ccc(S(=O)(=O)CCOSOOO)cc1. The predicted octanol–water partition coefficient (Wildman–Crippen LogP) is 6.55. The van der Waals surface area contributed by atoms with Crippen molar-refractivity contribution in [1.82, 2.24) is 0 Å². The minimum Gasteiger partial charge on any atom is -0.505 e. The summed E-state index contributed by atoms with van der Waals surface area (Å²) < 4.78 is 110. The molecule has 25 nitrogen and oxygen atoms in total. The van der Waals surface area contributed by atoms with Crippen molar-refractivity contribution in [2.75, 3.05) is 35.9 Å². The van der Waals surface area contributed by atoms with Gasteiger partial charge in [-0.05, 0) is 66.7 Å². The van der Waals surface area contributed by atoms with E-state index in [1.54, 1.807) is 0 Å². The van der Waals surface area contributed by atoms with E-state index >= 15 is 0 Å². The Morgan fingerprint density at radius 2 is 1.09 bits per heavy atom. The average molecular weight is 934 g/mol. The molecule has 4 aromatic carbocycles. The third kappa shape index (κ3) is 14.2. The van der Waals surface area contributed by atoms with E-state index in [2.05, 4.69) is 53.9 Å². The van der Waals surface area contributed by atoms with Crippen molar-refractivity contribution in [2.45, 2.75) is 9.79 Å². The van der Waals surface area contributed by atoms with Crippen LogP contribution in [-0.4, -0.2) is 81.3 Å². The lowest BCUT2D eigenvalue weighted by molar-refractivity contribution is -0.434. The zero-order chi connectivity index (χ0) is 42.2. The molecule has 0 aliphatic carbocycles. The highest BCUT2D eigenvalue weighted by Crippen LogP contribution is 2.49. The van der Waals surface area contributed by atoms with E-state index in [4.69, 9.17) is 28.3 Å². The molecule has 0 heterocycles. The summed E-state index contributed by atoms with van der Waals surface area (Å²) >= 11 is 0.498. The number of anilines is 1. The van der Waals surface area contributed by atoms with Gasteiger partial charge in [-0.1, -0.05) is 19.4 Å². The molecule has 0 aliphatic rings. The highest BCUT2D eigenvalue weighted by molar-refractivity contribution is 7.92. The van der Waals surface area contributed by atoms with Crippen LogP contribution >= 0.6 is 37.0 Å². The number of nitrogens with one attached hydrogen (secondary N) is 1. The van der Waals surface area contributed by atoms with E-state index < -0.39 is 52.9 Å². The first-order chi connectivity index (χ1) is 27.7. The van der Waals surface area contributed by atoms with Gasteiger partial charge in [0.2, 0.25) is 0 Å². The number of rotatable bonds is 25. The lowest BCUT2D eigenvalue weighted by Gasteiger charge is -2.14. The van der Waals surface area contributed by atoms with Crippen LogP contribution in [0.2, 0.25) is 0 Å². The number of azo groups is 2.